The first-order chi connectivity index (χ1) is 8.58. The maximum absolute atomic E-state index is 10.6. The Morgan fingerprint density at radius 2 is 2.22 bits per heavy atom. The number of non-ortho nitro benzene ring substituents is 1. The molecule has 0 saturated heterocycles. The Bertz CT molecular complexity index is 583. The average molecular weight is 283 g/mol. The van der Waals surface area contributed by atoms with E-state index < -0.39 is 4.92 Å². The average Bonchev–Trinajstić information content (AvgIpc) is 2.73. The van der Waals surface area contributed by atoms with E-state index in [4.69, 9.17) is 11.6 Å². The van der Waals surface area contributed by atoms with E-state index in [0.29, 0.717) is 17.3 Å². The van der Waals surface area contributed by atoms with Gasteiger partial charge in [0, 0.05) is 18.7 Å². The molecule has 0 atom stereocenters. The molecule has 0 aliphatic carbocycles. The summed E-state index contributed by atoms with van der Waals surface area (Å²) in [6.45, 7) is 2.71. The molecular weight excluding hydrogens is 272 g/mol. The number of halogens is 1. The summed E-state index contributed by atoms with van der Waals surface area (Å²) in [4.78, 5) is 10.1. The molecule has 1 aromatic heterocycles. The fraction of sp³-hybridized carbons (Fsp3) is 0.167. The van der Waals surface area contributed by atoms with Crippen LogP contribution in [0.5, 0.6) is 0 Å². The van der Waals surface area contributed by atoms with Gasteiger partial charge in [0.25, 0.3) is 5.69 Å². The number of rotatable bonds is 4. The first-order valence-corrected chi connectivity index (χ1v) is 6.59. The number of nitro groups is 1. The summed E-state index contributed by atoms with van der Waals surface area (Å²) >= 11 is 7.64. The molecule has 1 heterocycles. The van der Waals surface area contributed by atoms with Crippen molar-refractivity contribution in [3.05, 3.63) is 55.2 Å². The van der Waals surface area contributed by atoms with E-state index in [0.717, 1.165) is 0 Å². The molecule has 4 nitrogen and oxygen atoms in total. The summed E-state index contributed by atoms with van der Waals surface area (Å²) in [5.74, 6) is 0. The van der Waals surface area contributed by atoms with Gasteiger partial charge in [-0.25, -0.2) is 0 Å². The number of nitro benzene ring substituents is 1. The Kier molecular flexibility index (Phi) is 3.84. The Labute approximate surface area is 113 Å². The maximum atomic E-state index is 10.6. The highest BCUT2D eigenvalue weighted by Gasteiger charge is 2.09. The smallest absolute Gasteiger partial charge is 0.271 e. The molecule has 0 fully saturated rings. The molecule has 94 valence electrons. The summed E-state index contributed by atoms with van der Waals surface area (Å²) in [5.41, 5.74) is 3.13. The topological polar surface area (TPSA) is 55.2 Å². The monoisotopic (exact) mass is 282 g/mol. The van der Waals surface area contributed by atoms with Gasteiger partial charge in [-0.2, -0.15) is 11.3 Å². The van der Waals surface area contributed by atoms with Crippen LogP contribution >= 0.6 is 22.9 Å². The van der Waals surface area contributed by atoms with E-state index in [1.165, 1.54) is 23.3 Å². The van der Waals surface area contributed by atoms with Crippen LogP contribution in [0.3, 0.4) is 0 Å². The van der Waals surface area contributed by atoms with Crippen LogP contribution in [0.15, 0.2) is 29.0 Å². The minimum atomic E-state index is -0.460. The number of nitrogens with one attached hydrogen (secondary N) is 1. The molecule has 2 aromatic rings. The van der Waals surface area contributed by atoms with Gasteiger partial charge in [0.05, 0.1) is 15.6 Å². The maximum Gasteiger partial charge on any atom is 0.271 e. The van der Waals surface area contributed by atoms with Crippen LogP contribution < -0.4 is 5.32 Å². The third kappa shape index (κ3) is 2.80. The standard InChI is InChI=1S/C12H11ClN2O2S/c1-8-6-18-7-9(8)5-14-12-3-2-10(15(16)17)4-11(12)13/h2-4,6-7,14H,5H2,1H3. The van der Waals surface area contributed by atoms with Crippen molar-refractivity contribution >= 4 is 34.3 Å². The molecule has 1 N–H and O–H groups in total. The Morgan fingerprint density at radius 1 is 1.44 bits per heavy atom. The van der Waals surface area contributed by atoms with Gasteiger partial charge in [-0.3, -0.25) is 10.1 Å². The second-order valence-electron chi connectivity index (χ2n) is 3.85. The van der Waals surface area contributed by atoms with Crippen molar-refractivity contribution in [3.63, 3.8) is 0 Å². The zero-order chi connectivity index (χ0) is 13.1. The van der Waals surface area contributed by atoms with Crippen molar-refractivity contribution < 1.29 is 4.92 Å². The van der Waals surface area contributed by atoms with Crippen LogP contribution in [-0.4, -0.2) is 4.92 Å². The Balaban J connectivity index is 2.11. The van der Waals surface area contributed by atoms with Gasteiger partial charge in [-0.1, -0.05) is 11.6 Å². The number of hydrogen-bond donors (Lipinski definition) is 1. The van der Waals surface area contributed by atoms with Crippen molar-refractivity contribution in [2.75, 3.05) is 5.32 Å². The number of hydrogen-bond acceptors (Lipinski definition) is 4. The van der Waals surface area contributed by atoms with Crippen LogP contribution in [0.1, 0.15) is 11.1 Å². The molecule has 18 heavy (non-hydrogen) atoms. The van der Waals surface area contributed by atoms with Crippen LogP contribution in [0.2, 0.25) is 5.02 Å². The van der Waals surface area contributed by atoms with Gasteiger partial charge in [0.15, 0.2) is 0 Å². The molecule has 0 bridgehead atoms. The van der Waals surface area contributed by atoms with Gasteiger partial charge < -0.3 is 5.32 Å². The van der Waals surface area contributed by atoms with Crippen molar-refractivity contribution in [2.24, 2.45) is 0 Å². The highest BCUT2D eigenvalue weighted by Crippen LogP contribution is 2.27. The molecule has 6 heteroatoms. The minimum absolute atomic E-state index is 0.00253. The molecular formula is C12H11ClN2O2S. The molecule has 0 unspecified atom stereocenters. The van der Waals surface area contributed by atoms with E-state index >= 15 is 0 Å². The fourth-order valence-electron chi connectivity index (χ4n) is 1.52. The predicted octanol–water partition coefficient (Wildman–Crippen LogP) is 4.23. The second-order valence-corrected chi connectivity index (χ2v) is 5.01. The summed E-state index contributed by atoms with van der Waals surface area (Å²) in [6, 6.07) is 4.42. The lowest BCUT2D eigenvalue weighted by Crippen LogP contribution is -2.00. The van der Waals surface area contributed by atoms with Crippen LogP contribution in [0.4, 0.5) is 11.4 Å². The largest absolute Gasteiger partial charge is 0.380 e. The lowest BCUT2D eigenvalue weighted by Gasteiger charge is -2.07. The van der Waals surface area contributed by atoms with Crippen LogP contribution in [0.25, 0.3) is 0 Å². The van der Waals surface area contributed by atoms with E-state index in [9.17, 15) is 10.1 Å². The van der Waals surface area contributed by atoms with E-state index in [1.807, 2.05) is 6.92 Å². The molecule has 1 aromatic carbocycles. The summed E-state index contributed by atoms with van der Waals surface area (Å²) in [7, 11) is 0. The van der Waals surface area contributed by atoms with Gasteiger partial charge in [-0.05, 0) is 34.9 Å². The van der Waals surface area contributed by atoms with Crippen molar-refractivity contribution in [3.8, 4) is 0 Å². The van der Waals surface area contributed by atoms with Crippen molar-refractivity contribution in [1.82, 2.24) is 0 Å². The first-order valence-electron chi connectivity index (χ1n) is 5.27. The normalized spacial score (nSPS) is 10.3. The lowest BCUT2D eigenvalue weighted by molar-refractivity contribution is -0.384. The van der Waals surface area contributed by atoms with E-state index in [1.54, 1.807) is 17.4 Å². The number of thiophene rings is 1. The van der Waals surface area contributed by atoms with Crippen LogP contribution in [0, 0.1) is 17.0 Å². The molecule has 2 rings (SSSR count). The van der Waals surface area contributed by atoms with Crippen LogP contribution in [-0.2, 0) is 6.54 Å². The fourth-order valence-corrected chi connectivity index (χ4v) is 2.62. The molecule has 0 amide bonds. The number of anilines is 1. The van der Waals surface area contributed by atoms with E-state index in [2.05, 4.69) is 16.1 Å². The summed E-state index contributed by atoms with van der Waals surface area (Å²) in [5, 5.41) is 18.3. The summed E-state index contributed by atoms with van der Waals surface area (Å²) < 4.78 is 0. The summed E-state index contributed by atoms with van der Waals surface area (Å²) in [6.07, 6.45) is 0. The van der Waals surface area contributed by atoms with Crippen molar-refractivity contribution in [1.29, 1.82) is 0 Å². The lowest BCUT2D eigenvalue weighted by atomic mass is 10.2. The quantitative estimate of drug-likeness (QED) is 0.674. The van der Waals surface area contributed by atoms with E-state index in [-0.39, 0.29) is 5.69 Å². The molecule has 0 aliphatic rings. The zero-order valence-corrected chi connectivity index (χ0v) is 11.2. The third-order valence-electron chi connectivity index (χ3n) is 2.59. The molecule has 0 aliphatic heterocycles. The predicted molar refractivity (Wildman–Crippen MR) is 74.5 cm³/mol. The Hall–Kier alpha value is -1.59. The van der Waals surface area contributed by atoms with Gasteiger partial charge in [0.2, 0.25) is 0 Å². The highest BCUT2D eigenvalue weighted by molar-refractivity contribution is 7.08. The number of aryl methyl sites for hydroxylation is 1. The van der Waals surface area contributed by atoms with Gasteiger partial charge in [0.1, 0.15) is 0 Å². The van der Waals surface area contributed by atoms with Gasteiger partial charge in [-0.15, -0.1) is 0 Å². The first kappa shape index (κ1) is 12.9. The number of benzene rings is 1. The van der Waals surface area contributed by atoms with Gasteiger partial charge >= 0.3 is 0 Å². The SMILES string of the molecule is Cc1cscc1CNc1ccc([N+](=O)[O-])cc1Cl. The second kappa shape index (κ2) is 5.37. The zero-order valence-electron chi connectivity index (χ0n) is 9.64. The number of nitrogens with zero attached hydrogens (tertiary/aromatic N) is 1. The molecule has 0 spiro atoms. The Morgan fingerprint density at radius 3 is 2.78 bits per heavy atom. The highest BCUT2D eigenvalue weighted by atomic mass is 35.5. The third-order valence-corrected chi connectivity index (χ3v) is 3.82. The van der Waals surface area contributed by atoms with Crippen molar-refractivity contribution in [2.45, 2.75) is 13.5 Å². The molecule has 0 radical (unpaired) electrons. The minimum Gasteiger partial charge on any atom is -0.380 e. The molecule has 0 saturated carbocycles.